The average molecular weight is 222 g/mol. The largest absolute Gasteiger partial charge is 0.495 e. The van der Waals surface area contributed by atoms with Gasteiger partial charge in [0.15, 0.2) is 0 Å². The maximum Gasteiger partial charge on any atom is 0.321 e. The quantitative estimate of drug-likeness (QED) is 0.849. The summed E-state index contributed by atoms with van der Waals surface area (Å²) in [6, 6.07) is 7.32. The van der Waals surface area contributed by atoms with E-state index in [9.17, 15) is 4.79 Å². The molecule has 0 unspecified atom stereocenters. The second-order valence-corrected chi connectivity index (χ2v) is 3.46. The highest BCUT2D eigenvalue weighted by molar-refractivity contribution is 5.92. The summed E-state index contributed by atoms with van der Waals surface area (Å²) in [6.45, 7) is 2.70. The normalized spacial score (nSPS) is 9.69. The zero-order valence-electron chi connectivity index (χ0n) is 9.99. The molecule has 1 aromatic carbocycles. The number of hydrogen-bond donors (Lipinski definition) is 1. The molecule has 2 amide bonds. The first-order valence-electron chi connectivity index (χ1n) is 5.35. The molecular formula is C12H18N2O2. The van der Waals surface area contributed by atoms with E-state index in [2.05, 4.69) is 5.32 Å². The van der Waals surface area contributed by atoms with Crippen LogP contribution < -0.4 is 15.0 Å². The smallest absolute Gasteiger partial charge is 0.321 e. The number of urea groups is 1. The number of para-hydroxylation sites is 2. The lowest BCUT2D eigenvalue weighted by molar-refractivity contribution is 0.247. The second-order valence-electron chi connectivity index (χ2n) is 3.46. The third-order valence-corrected chi connectivity index (χ3v) is 2.28. The van der Waals surface area contributed by atoms with Crippen LogP contribution in [-0.2, 0) is 0 Å². The number of hydrogen-bond acceptors (Lipinski definition) is 2. The molecule has 0 atom stereocenters. The highest BCUT2D eigenvalue weighted by Crippen LogP contribution is 2.26. The summed E-state index contributed by atoms with van der Waals surface area (Å²) < 4.78 is 5.20. The fourth-order valence-electron chi connectivity index (χ4n) is 1.37. The van der Waals surface area contributed by atoms with E-state index in [4.69, 9.17) is 4.74 Å². The molecule has 0 radical (unpaired) electrons. The van der Waals surface area contributed by atoms with Gasteiger partial charge in [-0.2, -0.15) is 0 Å². The molecular weight excluding hydrogens is 204 g/mol. The van der Waals surface area contributed by atoms with Crippen molar-refractivity contribution in [3.63, 3.8) is 0 Å². The van der Waals surface area contributed by atoms with Crippen LogP contribution in [0.25, 0.3) is 0 Å². The highest BCUT2D eigenvalue weighted by Gasteiger charge is 2.13. The zero-order valence-corrected chi connectivity index (χ0v) is 9.99. The Labute approximate surface area is 96.2 Å². The van der Waals surface area contributed by atoms with Gasteiger partial charge < -0.3 is 10.1 Å². The Kier molecular flexibility index (Phi) is 4.64. The molecule has 1 aromatic rings. The van der Waals surface area contributed by atoms with Crippen molar-refractivity contribution in [2.75, 3.05) is 25.6 Å². The van der Waals surface area contributed by atoms with Crippen molar-refractivity contribution in [2.24, 2.45) is 0 Å². The molecule has 0 fully saturated rings. The van der Waals surface area contributed by atoms with E-state index >= 15 is 0 Å². The molecule has 1 N–H and O–H groups in total. The predicted octanol–water partition coefficient (Wildman–Crippen LogP) is 2.25. The van der Waals surface area contributed by atoms with E-state index in [-0.39, 0.29) is 6.03 Å². The molecule has 0 spiro atoms. The van der Waals surface area contributed by atoms with E-state index < -0.39 is 0 Å². The Morgan fingerprint density at radius 3 is 2.75 bits per heavy atom. The van der Waals surface area contributed by atoms with Crippen LogP contribution in [0, 0.1) is 0 Å². The van der Waals surface area contributed by atoms with Crippen molar-refractivity contribution in [3.05, 3.63) is 24.3 Å². The molecule has 88 valence electrons. The summed E-state index contributed by atoms with van der Waals surface area (Å²) >= 11 is 0. The minimum Gasteiger partial charge on any atom is -0.495 e. The third kappa shape index (κ3) is 2.89. The molecule has 4 heteroatoms. The summed E-state index contributed by atoms with van der Waals surface area (Å²) in [7, 11) is 3.32. The van der Waals surface area contributed by atoms with Crippen LogP contribution in [0.3, 0.4) is 0 Å². The monoisotopic (exact) mass is 222 g/mol. The van der Waals surface area contributed by atoms with Gasteiger partial charge in [-0.05, 0) is 18.6 Å². The van der Waals surface area contributed by atoms with E-state index in [1.807, 2.05) is 31.2 Å². The molecule has 1 rings (SSSR count). The fraction of sp³-hybridized carbons (Fsp3) is 0.417. The van der Waals surface area contributed by atoms with Gasteiger partial charge in [0.2, 0.25) is 0 Å². The summed E-state index contributed by atoms with van der Waals surface area (Å²) in [6.07, 6.45) is 0.922. The lowest BCUT2D eigenvalue weighted by Gasteiger charge is -2.20. The number of carbonyl (C=O) groups excluding carboxylic acids is 1. The van der Waals surface area contributed by atoms with Crippen LogP contribution in [0.15, 0.2) is 24.3 Å². The lowest BCUT2D eigenvalue weighted by atomic mass is 10.3. The van der Waals surface area contributed by atoms with Crippen LogP contribution in [0.5, 0.6) is 5.75 Å². The number of nitrogens with one attached hydrogen (secondary N) is 1. The first kappa shape index (κ1) is 12.4. The number of anilines is 1. The maximum atomic E-state index is 11.7. The number of nitrogens with zero attached hydrogens (tertiary/aromatic N) is 1. The van der Waals surface area contributed by atoms with Crippen molar-refractivity contribution < 1.29 is 9.53 Å². The number of methoxy groups -OCH3 is 1. The molecule has 4 nitrogen and oxygen atoms in total. The molecule has 0 heterocycles. The van der Waals surface area contributed by atoms with Gasteiger partial charge in [0.1, 0.15) is 5.75 Å². The van der Waals surface area contributed by atoms with Crippen molar-refractivity contribution in [2.45, 2.75) is 13.3 Å². The minimum atomic E-state index is -0.119. The summed E-state index contributed by atoms with van der Waals surface area (Å²) in [5.41, 5.74) is 0.763. The number of amides is 2. The summed E-state index contributed by atoms with van der Waals surface area (Å²) in [4.78, 5) is 13.3. The van der Waals surface area contributed by atoms with Gasteiger partial charge >= 0.3 is 6.03 Å². The van der Waals surface area contributed by atoms with Crippen molar-refractivity contribution in [3.8, 4) is 5.75 Å². The van der Waals surface area contributed by atoms with Crippen molar-refractivity contribution in [1.82, 2.24) is 5.32 Å². The van der Waals surface area contributed by atoms with Gasteiger partial charge in [-0.3, -0.25) is 4.90 Å². The summed E-state index contributed by atoms with van der Waals surface area (Å²) in [5.74, 6) is 0.691. The standard InChI is InChI=1S/C12H18N2O2/c1-4-9-13-12(15)14(2)10-7-5-6-8-11(10)16-3/h5-8H,4,9H2,1-3H3,(H,13,15). The number of ether oxygens (including phenoxy) is 1. The molecule has 0 aliphatic carbocycles. The van der Waals surface area contributed by atoms with Crippen LogP contribution in [0.1, 0.15) is 13.3 Å². The number of rotatable bonds is 4. The first-order valence-corrected chi connectivity index (χ1v) is 5.35. The fourth-order valence-corrected chi connectivity index (χ4v) is 1.37. The average Bonchev–Trinajstić information content (AvgIpc) is 2.34. The van der Waals surface area contributed by atoms with Crippen LogP contribution >= 0.6 is 0 Å². The SMILES string of the molecule is CCCNC(=O)N(C)c1ccccc1OC. The van der Waals surface area contributed by atoms with Gasteiger partial charge in [0.25, 0.3) is 0 Å². The number of benzene rings is 1. The Bertz CT molecular complexity index is 353. The van der Waals surface area contributed by atoms with Crippen LogP contribution in [-0.4, -0.2) is 26.7 Å². The lowest BCUT2D eigenvalue weighted by Crippen LogP contribution is -2.37. The Balaban J connectivity index is 2.78. The minimum absolute atomic E-state index is 0.119. The molecule has 0 saturated heterocycles. The van der Waals surface area contributed by atoms with Crippen molar-refractivity contribution >= 4 is 11.7 Å². The van der Waals surface area contributed by atoms with E-state index in [0.29, 0.717) is 12.3 Å². The van der Waals surface area contributed by atoms with Crippen molar-refractivity contribution in [1.29, 1.82) is 0 Å². The predicted molar refractivity (Wildman–Crippen MR) is 65.1 cm³/mol. The second kappa shape index (κ2) is 6.00. The van der Waals surface area contributed by atoms with E-state index in [1.165, 1.54) is 0 Å². The molecule has 0 aromatic heterocycles. The van der Waals surface area contributed by atoms with Gasteiger partial charge in [0, 0.05) is 13.6 Å². The molecule has 0 aliphatic heterocycles. The van der Waals surface area contributed by atoms with Gasteiger partial charge in [-0.1, -0.05) is 19.1 Å². The number of carbonyl (C=O) groups is 1. The zero-order chi connectivity index (χ0) is 12.0. The molecule has 0 bridgehead atoms. The van der Waals surface area contributed by atoms with Gasteiger partial charge in [-0.15, -0.1) is 0 Å². The third-order valence-electron chi connectivity index (χ3n) is 2.28. The Morgan fingerprint density at radius 1 is 1.44 bits per heavy atom. The topological polar surface area (TPSA) is 41.6 Å². The Morgan fingerprint density at radius 2 is 2.12 bits per heavy atom. The van der Waals surface area contributed by atoms with Gasteiger partial charge in [-0.25, -0.2) is 4.79 Å². The Hall–Kier alpha value is -1.71. The molecule has 0 aliphatic rings. The van der Waals surface area contributed by atoms with E-state index in [1.54, 1.807) is 19.1 Å². The van der Waals surface area contributed by atoms with Crippen LogP contribution in [0.2, 0.25) is 0 Å². The van der Waals surface area contributed by atoms with Gasteiger partial charge in [0.05, 0.1) is 12.8 Å². The highest BCUT2D eigenvalue weighted by atomic mass is 16.5. The van der Waals surface area contributed by atoms with Crippen LogP contribution in [0.4, 0.5) is 10.5 Å². The van der Waals surface area contributed by atoms with E-state index in [0.717, 1.165) is 12.1 Å². The maximum absolute atomic E-state index is 11.7. The molecule has 16 heavy (non-hydrogen) atoms. The molecule has 0 saturated carbocycles. The first-order chi connectivity index (χ1) is 7.70. The summed E-state index contributed by atoms with van der Waals surface area (Å²) in [5, 5.41) is 2.81.